The van der Waals surface area contributed by atoms with E-state index >= 15 is 0 Å². The predicted octanol–water partition coefficient (Wildman–Crippen LogP) is 7.19. The van der Waals surface area contributed by atoms with Gasteiger partial charge in [-0.2, -0.15) is 0 Å². The van der Waals surface area contributed by atoms with Gasteiger partial charge in [-0.05, 0) is 53.6 Å². The van der Waals surface area contributed by atoms with Crippen molar-refractivity contribution in [3.63, 3.8) is 0 Å². The fourth-order valence-corrected chi connectivity index (χ4v) is 4.09. The Morgan fingerprint density at radius 2 is 1.69 bits per heavy atom. The van der Waals surface area contributed by atoms with Crippen LogP contribution in [0.25, 0.3) is 22.5 Å². The van der Waals surface area contributed by atoms with Gasteiger partial charge in [-0.1, -0.05) is 53.0 Å². The van der Waals surface area contributed by atoms with Gasteiger partial charge in [-0.3, -0.25) is 4.98 Å². The zero-order valence-corrected chi connectivity index (χ0v) is 20.7. The van der Waals surface area contributed by atoms with Crippen LogP contribution in [0.3, 0.4) is 0 Å². The Balaban J connectivity index is 1.66. The van der Waals surface area contributed by atoms with E-state index in [1.54, 1.807) is 31.4 Å². The van der Waals surface area contributed by atoms with Crippen molar-refractivity contribution in [1.82, 2.24) is 9.97 Å². The van der Waals surface area contributed by atoms with E-state index in [9.17, 15) is 9.90 Å². The molecule has 4 rings (SSSR count). The maximum atomic E-state index is 11.6. The van der Waals surface area contributed by atoms with Gasteiger partial charge in [-0.15, -0.1) is 0 Å². The second-order valence-corrected chi connectivity index (χ2v) is 8.78. The van der Waals surface area contributed by atoms with Crippen molar-refractivity contribution in [1.29, 1.82) is 0 Å². The van der Waals surface area contributed by atoms with Crippen molar-refractivity contribution in [3.05, 3.63) is 98.7 Å². The fraction of sp³-hybridized carbons (Fsp3) is 0.115. The first kappa shape index (κ1) is 24.9. The third-order valence-electron chi connectivity index (χ3n) is 5.18. The normalized spacial score (nSPS) is 10.9. The van der Waals surface area contributed by atoms with Gasteiger partial charge < -0.3 is 14.6 Å². The molecule has 0 radical (unpaired) electrons. The van der Waals surface area contributed by atoms with Crippen LogP contribution in [0.15, 0.2) is 66.9 Å². The number of aromatic carboxylic acids is 1. The number of nitrogens with zero attached hydrogens (tertiary/aromatic N) is 2. The van der Waals surface area contributed by atoms with E-state index in [4.69, 9.17) is 44.3 Å². The molecule has 0 bridgehead atoms. The Bertz CT molecular complexity index is 1380. The van der Waals surface area contributed by atoms with Crippen LogP contribution < -0.4 is 4.74 Å². The molecule has 35 heavy (non-hydrogen) atoms. The summed E-state index contributed by atoms with van der Waals surface area (Å²) in [6.45, 7) is 0.624. The highest BCUT2D eigenvalue weighted by atomic mass is 35.5. The highest BCUT2D eigenvalue weighted by molar-refractivity contribution is 6.36. The number of benzene rings is 2. The quantitative estimate of drug-likeness (QED) is 0.260. The van der Waals surface area contributed by atoms with E-state index in [1.807, 2.05) is 30.3 Å². The smallest absolute Gasteiger partial charge is 0.354 e. The molecular formula is C26H19Cl3N2O4. The van der Waals surface area contributed by atoms with Crippen molar-refractivity contribution >= 4 is 40.8 Å². The van der Waals surface area contributed by atoms with Crippen LogP contribution in [-0.2, 0) is 18.0 Å². The van der Waals surface area contributed by atoms with Gasteiger partial charge in [0.25, 0.3) is 0 Å². The van der Waals surface area contributed by atoms with Gasteiger partial charge in [0.15, 0.2) is 0 Å². The molecule has 6 nitrogen and oxygen atoms in total. The Kier molecular flexibility index (Phi) is 7.88. The number of carbonyl (C=O) groups is 1. The lowest BCUT2D eigenvalue weighted by Crippen LogP contribution is -2.03. The molecule has 0 amide bonds. The molecule has 1 N–H and O–H groups in total. The molecule has 0 atom stereocenters. The van der Waals surface area contributed by atoms with Crippen LogP contribution in [0.2, 0.25) is 15.1 Å². The molecule has 0 unspecified atom stereocenters. The molecular weight excluding hydrogens is 511 g/mol. The Labute approximate surface area is 217 Å². The van der Waals surface area contributed by atoms with Crippen LogP contribution in [0.1, 0.15) is 21.6 Å². The van der Waals surface area contributed by atoms with E-state index in [-0.39, 0.29) is 12.3 Å². The molecule has 2 aromatic carbocycles. The van der Waals surface area contributed by atoms with Gasteiger partial charge in [0.1, 0.15) is 11.4 Å². The van der Waals surface area contributed by atoms with E-state index in [1.165, 1.54) is 12.3 Å². The van der Waals surface area contributed by atoms with Crippen molar-refractivity contribution < 1.29 is 19.4 Å². The number of hydrogen-bond acceptors (Lipinski definition) is 5. The standard InChI is InChI=1S/C26H19Cl3N2O4/c1-34-19-5-2-15(3-6-19)13-35-14-17-10-16(4-8-21(17)28)24-20(7-9-23(31-24)26(32)33)25-22(29)11-18(27)12-30-25/h2-12H,13-14H2,1H3,(H,32,33). The lowest BCUT2D eigenvalue weighted by Gasteiger charge is -2.13. The summed E-state index contributed by atoms with van der Waals surface area (Å²) in [5.41, 5.74) is 3.63. The number of halogens is 3. The molecule has 2 heterocycles. The summed E-state index contributed by atoms with van der Waals surface area (Å²) >= 11 is 18.8. The second kappa shape index (κ2) is 11.1. The minimum absolute atomic E-state index is 0.110. The number of ether oxygens (including phenoxy) is 2. The third kappa shape index (κ3) is 5.92. The lowest BCUT2D eigenvalue weighted by atomic mass is 10.0. The summed E-state index contributed by atoms with van der Waals surface area (Å²) < 4.78 is 11.0. The number of aromatic nitrogens is 2. The van der Waals surface area contributed by atoms with Crippen LogP contribution in [0.5, 0.6) is 5.75 Å². The van der Waals surface area contributed by atoms with Gasteiger partial charge in [-0.25, -0.2) is 9.78 Å². The summed E-state index contributed by atoms with van der Waals surface area (Å²) in [5.74, 6) is -0.378. The number of hydrogen-bond donors (Lipinski definition) is 1. The molecule has 2 aromatic heterocycles. The minimum atomic E-state index is -1.15. The zero-order chi connectivity index (χ0) is 24.9. The van der Waals surface area contributed by atoms with E-state index in [0.29, 0.717) is 44.2 Å². The highest BCUT2D eigenvalue weighted by Crippen LogP contribution is 2.36. The second-order valence-electron chi connectivity index (χ2n) is 7.53. The predicted molar refractivity (Wildman–Crippen MR) is 136 cm³/mol. The average Bonchev–Trinajstić information content (AvgIpc) is 2.85. The van der Waals surface area contributed by atoms with Crippen LogP contribution >= 0.6 is 34.8 Å². The van der Waals surface area contributed by atoms with Crippen LogP contribution in [-0.4, -0.2) is 28.2 Å². The average molecular weight is 530 g/mol. The van der Waals surface area contributed by atoms with E-state index < -0.39 is 5.97 Å². The molecule has 0 fully saturated rings. The Morgan fingerprint density at radius 3 is 2.37 bits per heavy atom. The van der Waals surface area contributed by atoms with Crippen molar-refractivity contribution in [3.8, 4) is 28.3 Å². The maximum Gasteiger partial charge on any atom is 0.354 e. The molecule has 9 heteroatoms. The van der Waals surface area contributed by atoms with Crippen molar-refractivity contribution in [2.75, 3.05) is 7.11 Å². The van der Waals surface area contributed by atoms with E-state index in [2.05, 4.69) is 9.97 Å². The highest BCUT2D eigenvalue weighted by Gasteiger charge is 2.18. The van der Waals surface area contributed by atoms with E-state index in [0.717, 1.165) is 16.9 Å². The Hall–Kier alpha value is -3.16. The first-order valence-corrected chi connectivity index (χ1v) is 11.5. The van der Waals surface area contributed by atoms with Crippen molar-refractivity contribution in [2.45, 2.75) is 13.2 Å². The number of methoxy groups -OCH3 is 1. The first-order chi connectivity index (χ1) is 16.9. The number of rotatable bonds is 8. The topological polar surface area (TPSA) is 81.5 Å². The molecule has 0 aliphatic rings. The number of pyridine rings is 2. The van der Waals surface area contributed by atoms with Crippen LogP contribution in [0, 0.1) is 0 Å². The van der Waals surface area contributed by atoms with Gasteiger partial charge in [0, 0.05) is 22.3 Å². The summed E-state index contributed by atoms with van der Waals surface area (Å²) in [4.78, 5) is 20.3. The number of carboxylic acids is 1. The third-order valence-corrected chi connectivity index (χ3v) is 6.05. The molecule has 4 aromatic rings. The molecule has 0 spiro atoms. The fourth-order valence-electron chi connectivity index (χ4n) is 3.44. The molecule has 0 aliphatic carbocycles. The maximum absolute atomic E-state index is 11.6. The van der Waals surface area contributed by atoms with Gasteiger partial charge in [0.2, 0.25) is 0 Å². The molecule has 0 aliphatic heterocycles. The minimum Gasteiger partial charge on any atom is -0.497 e. The van der Waals surface area contributed by atoms with Crippen molar-refractivity contribution in [2.24, 2.45) is 0 Å². The number of carboxylic acid groups (broad SMARTS) is 1. The van der Waals surface area contributed by atoms with Crippen LogP contribution in [0.4, 0.5) is 0 Å². The SMILES string of the molecule is COc1ccc(COCc2cc(-c3nc(C(=O)O)ccc3-c3ncc(Cl)cc3Cl)ccc2Cl)cc1. The molecule has 178 valence electrons. The monoisotopic (exact) mass is 528 g/mol. The molecule has 0 saturated heterocycles. The first-order valence-electron chi connectivity index (χ1n) is 10.4. The lowest BCUT2D eigenvalue weighted by molar-refractivity contribution is 0.0690. The Morgan fingerprint density at radius 1 is 0.914 bits per heavy atom. The summed E-state index contributed by atoms with van der Waals surface area (Å²) in [6.07, 6.45) is 1.47. The summed E-state index contributed by atoms with van der Waals surface area (Å²) in [6, 6.07) is 17.5. The van der Waals surface area contributed by atoms with Gasteiger partial charge in [0.05, 0.1) is 41.8 Å². The summed E-state index contributed by atoms with van der Waals surface area (Å²) in [7, 11) is 1.61. The zero-order valence-electron chi connectivity index (χ0n) is 18.5. The molecule has 0 saturated carbocycles. The largest absolute Gasteiger partial charge is 0.497 e. The van der Waals surface area contributed by atoms with Gasteiger partial charge >= 0.3 is 5.97 Å². The summed E-state index contributed by atoms with van der Waals surface area (Å²) in [5, 5.41) is 10.7.